The number of urea groups is 1. The van der Waals surface area contributed by atoms with Gasteiger partial charge in [-0.2, -0.15) is 0 Å². The van der Waals surface area contributed by atoms with Gasteiger partial charge in [-0.3, -0.25) is 0 Å². The summed E-state index contributed by atoms with van der Waals surface area (Å²) in [6.07, 6.45) is 4.29. The van der Waals surface area contributed by atoms with E-state index in [-0.39, 0.29) is 6.03 Å². The van der Waals surface area contributed by atoms with Crippen LogP contribution in [-0.2, 0) is 6.54 Å². The molecule has 2 amide bonds. The van der Waals surface area contributed by atoms with E-state index in [2.05, 4.69) is 17.6 Å². The number of hydrogen-bond acceptors (Lipinski definition) is 2. The van der Waals surface area contributed by atoms with E-state index in [1.807, 2.05) is 24.3 Å². The summed E-state index contributed by atoms with van der Waals surface area (Å²) < 4.78 is 5.23. The molecule has 0 atom stereocenters. The monoisotopic (exact) mass is 260 g/mol. The Balaban J connectivity index is 1.81. The van der Waals surface area contributed by atoms with Crippen LogP contribution in [0, 0.1) is 5.92 Å². The fraction of sp³-hybridized carbons (Fsp3) is 0.400. The highest BCUT2D eigenvalue weighted by atomic mass is 16.5. The molecule has 4 heteroatoms. The molecule has 19 heavy (non-hydrogen) atoms. The lowest BCUT2D eigenvalue weighted by Gasteiger charge is -2.09. The first-order chi connectivity index (χ1) is 9.20. The Hall–Kier alpha value is -1.97. The van der Waals surface area contributed by atoms with Crippen LogP contribution >= 0.6 is 0 Å². The van der Waals surface area contributed by atoms with Crippen LogP contribution in [0.25, 0.3) is 0 Å². The Bertz CT molecular complexity index is 479. The van der Waals surface area contributed by atoms with Crippen molar-refractivity contribution in [2.75, 3.05) is 7.11 Å². The van der Waals surface area contributed by atoms with E-state index in [1.165, 1.54) is 18.4 Å². The van der Waals surface area contributed by atoms with Crippen molar-refractivity contribution in [1.29, 1.82) is 0 Å². The highest BCUT2D eigenvalue weighted by Gasteiger charge is 2.22. The van der Waals surface area contributed by atoms with Gasteiger partial charge in [0.2, 0.25) is 0 Å². The summed E-state index contributed by atoms with van der Waals surface area (Å²) >= 11 is 0. The van der Waals surface area contributed by atoms with Gasteiger partial charge in [0.05, 0.1) is 7.11 Å². The Morgan fingerprint density at radius 2 is 2.16 bits per heavy atom. The fourth-order valence-electron chi connectivity index (χ4n) is 1.91. The van der Waals surface area contributed by atoms with E-state index < -0.39 is 0 Å². The van der Waals surface area contributed by atoms with E-state index in [0.717, 1.165) is 11.3 Å². The molecule has 1 saturated carbocycles. The van der Waals surface area contributed by atoms with Crippen LogP contribution < -0.4 is 15.4 Å². The largest absolute Gasteiger partial charge is 0.496 e. The smallest absolute Gasteiger partial charge is 0.319 e. The van der Waals surface area contributed by atoms with Crippen LogP contribution in [0.5, 0.6) is 5.75 Å². The number of allylic oxidation sites excluding steroid dienone is 1. The summed E-state index contributed by atoms with van der Waals surface area (Å²) in [5.74, 6) is 1.46. The van der Waals surface area contributed by atoms with Crippen molar-refractivity contribution in [2.24, 2.45) is 5.92 Å². The molecule has 0 bridgehead atoms. The lowest BCUT2D eigenvalue weighted by Crippen LogP contribution is -2.32. The first kappa shape index (κ1) is 13.5. The zero-order valence-corrected chi connectivity index (χ0v) is 11.4. The van der Waals surface area contributed by atoms with Crippen molar-refractivity contribution in [3.05, 3.63) is 41.6 Å². The minimum Gasteiger partial charge on any atom is -0.496 e. The lowest BCUT2D eigenvalue weighted by atomic mass is 10.2. The van der Waals surface area contributed by atoms with Gasteiger partial charge in [0, 0.05) is 18.3 Å². The van der Waals surface area contributed by atoms with Crippen LogP contribution in [0.3, 0.4) is 0 Å². The molecule has 4 nitrogen and oxygen atoms in total. The summed E-state index contributed by atoms with van der Waals surface area (Å²) in [5, 5.41) is 5.57. The van der Waals surface area contributed by atoms with Gasteiger partial charge >= 0.3 is 6.03 Å². The molecule has 0 unspecified atom stereocenters. The lowest BCUT2D eigenvalue weighted by molar-refractivity contribution is 0.243. The summed E-state index contributed by atoms with van der Waals surface area (Å²) in [7, 11) is 1.63. The van der Waals surface area contributed by atoms with Crippen molar-refractivity contribution in [1.82, 2.24) is 10.6 Å². The molecule has 1 fully saturated rings. The Kier molecular flexibility index (Phi) is 4.44. The summed E-state index contributed by atoms with van der Waals surface area (Å²) in [4.78, 5) is 11.7. The Labute approximate surface area is 113 Å². The fourth-order valence-corrected chi connectivity index (χ4v) is 1.91. The predicted molar refractivity (Wildman–Crippen MR) is 74.8 cm³/mol. The van der Waals surface area contributed by atoms with Crippen LogP contribution in [0.4, 0.5) is 4.79 Å². The average Bonchev–Trinajstić information content (AvgIpc) is 3.27. The zero-order valence-electron chi connectivity index (χ0n) is 11.4. The number of carbonyl (C=O) groups excluding carboxylic acids is 1. The molecule has 0 saturated heterocycles. The van der Waals surface area contributed by atoms with Gasteiger partial charge in [-0.15, -0.1) is 0 Å². The van der Waals surface area contributed by atoms with E-state index in [9.17, 15) is 4.79 Å². The highest BCUT2D eigenvalue weighted by Crippen LogP contribution is 2.35. The van der Waals surface area contributed by atoms with Gasteiger partial charge in [-0.05, 0) is 31.7 Å². The maximum absolute atomic E-state index is 11.7. The quantitative estimate of drug-likeness (QED) is 0.855. The molecule has 0 radical (unpaired) electrons. The molecule has 0 spiro atoms. The maximum atomic E-state index is 11.7. The van der Waals surface area contributed by atoms with Gasteiger partial charge in [0.1, 0.15) is 5.75 Å². The molecule has 102 valence electrons. The second-order valence-electron chi connectivity index (χ2n) is 4.80. The minimum absolute atomic E-state index is 0.189. The molecule has 0 aromatic heterocycles. The minimum atomic E-state index is -0.189. The van der Waals surface area contributed by atoms with E-state index in [1.54, 1.807) is 13.3 Å². The van der Waals surface area contributed by atoms with Gasteiger partial charge in [-0.1, -0.05) is 23.8 Å². The second-order valence-corrected chi connectivity index (χ2v) is 4.80. The third-order valence-corrected chi connectivity index (χ3v) is 3.28. The van der Waals surface area contributed by atoms with Crippen molar-refractivity contribution in [3.63, 3.8) is 0 Å². The molecule has 1 aromatic rings. The highest BCUT2D eigenvalue weighted by molar-refractivity contribution is 5.75. The first-order valence-corrected chi connectivity index (χ1v) is 6.53. The predicted octanol–water partition coefficient (Wildman–Crippen LogP) is 2.81. The number of para-hydroxylation sites is 1. The number of amides is 2. The number of carbonyl (C=O) groups is 1. The topological polar surface area (TPSA) is 50.4 Å². The van der Waals surface area contributed by atoms with Crippen molar-refractivity contribution in [2.45, 2.75) is 26.3 Å². The summed E-state index contributed by atoms with van der Waals surface area (Å²) in [6.45, 7) is 2.50. The molecule has 0 heterocycles. The van der Waals surface area contributed by atoms with E-state index in [4.69, 9.17) is 4.74 Å². The Morgan fingerprint density at radius 3 is 2.84 bits per heavy atom. The SMILES string of the molecule is COc1ccccc1CNC(=O)N/C=C(\C)C1CC1. The third kappa shape index (κ3) is 4.02. The molecule has 2 N–H and O–H groups in total. The number of ether oxygens (including phenoxy) is 1. The van der Waals surface area contributed by atoms with Gasteiger partial charge in [0.25, 0.3) is 0 Å². The van der Waals surface area contributed by atoms with Gasteiger partial charge in [-0.25, -0.2) is 4.79 Å². The number of methoxy groups -OCH3 is 1. The van der Waals surface area contributed by atoms with Crippen LogP contribution in [0.2, 0.25) is 0 Å². The molecule has 0 aliphatic heterocycles. The molecule has 2 rings (SSSR count). The molecular weight excluding hydrogens is 240 g/mol. The third-order valence-electron chi connectivity index (χ3n) is 3.28. The number of nitrogens with one attached hydrogen (secondary N) is 2. The van der Waals surface area contributed by atoms with Crippen molar-refractivity contribution in [3.8, 4) is 5.75 Å². The number of rotatable bonds is 5. The van der Waals surface area contributed by atoms with E-state index in [0.29, 0.717) is 12.5 Å². The zero-order chi connectivity index (χ0) is 13.7. The molecular formula is C15H20N2O2. The average molecular weight is 260 g/mol. The Morgan fingerprint density at radius 1 is 1.42 bits per heavy atom. The molecule has 1 aliphatic carbocycles. The van der Waals surface area contributed by atoms with Crippen LogP contribution in [-0.4, -0.2) is 13.1 Å². The van der Waals surface area contributed by atoms with Gasteiger partial charge in [0.15, 0.2) is 0 Å². The van der Waals surface area contributed by atoms with Gasteiger partial charge < -0.3 is 15.4 Å². The molecule has 1 aliphatic rings. The first-order valence-electron chi connectivity index (χ1n) is 6.53. The maximum Gasteiger partial charge on any atom is 0.319 e. The van der Waals surface area contributed by atoms with Crippen LogP contribution in [0.15, 0.2) is 36.0 Å². The molecule has 1 aromatic carbocycles. The van der Waals surface area contributed by atoms with Crippen LogP contribution in [0.1, 0.15) is 25.3 Å². The van der Waals surface area contributed by atoms with Crippen molar-refractivity contribution >= 4 is 6.03 Å². The van der Waals surface area contributed by atoms with E-state index >= 15 is 0 Å². The second kappa shape index (κ2) is 6.27. The standard InChI is InChI=1S/C15H20N2O2/c1-11(12-7-8-12)9-16-15(18)17-10-13-5-3-4-6-14(13)19-2/h3-6,9,12H,7-8,10H2,1-2H3,(H2,16,17,18)/b11-9+. The normalized spacial score (nSPS) is 14.9. The summed E-state index contributed by atoms with van der Waals surface area (Å²) in [5.41, 5.74) is 2.20. The van der Waals surface area contributed by atoms with Crippen molar-refractivity contribution < 1.29 is 9.53 Å². The number of hydrogen-bond donors (Lipinski definition) is 2. The number of benzene rings is 1. The summed E-state index contributed by atoms with van der Waals surface area (Å²) in [6, 6.07) is 7.46.